The molecule has 0 spiro atoms. The fourth-order valence-electron chi connectivity index (χ4n) is 5.05. The molecule has 0 amide bonds. The second kappa shape index (κ2) is 7.74. The van der Waals surface area contributed by atoms with Gasteiger partial charge in [0.1, 0.15) is 5.75 Å². The quantitative estimate of drug-likeness (QED) is 0.531. The van der Waals surface area contributed by atoms with E-state index >= 15 is 0 Å². The van der Waals surface area contributed by atoms with Crippen LogP contribution < -0.4 is 5.32 Å². The number of nitrogens with one attached hydrogen (secondary N) is 1. The van der Waals surface area contributed by atoms with Crippen LogP contribution in [0.4, 0.5) is 5.69 Å². The lowest BCUT2D eigenvalue weighted by atomic mass is 9.73. The van der Waals surface area contributed by atoms with Gasteiger partial charge in [0, 0.05) is 11.3 Å². The maximum absolute atomic E-state index is 10.9. The first kappa shape index (κ1) is 19.8. The zero-order valence-electron chi connectivity index (χ0n) is 18.0. The number of phenolic OH excluding ortho intramolecular Hbond substituents is 1. The van der Waals surface area contributed by atoms with Crippen LogP contribution in [0, 0.1) is 0 Å². The highest BCUT2D eigenvalue weighted by Crippen LogP contribution is 2.49. The molecule has 1 aliphatic heterocycles. The molecule has 2 aromatic rings. The molecule has 2 nitrogen and oxygen atoms in total. The molecule has 29 heavy (non-hydrogen) atoms. The Labute approximate surface area is 175 Å². The van der Waals surface area contributed by atoms with E-state index in [0.29, 0.717) is 11.7 Å². The number of aryl methyl sites for hydroxylation is 1. The van der Waals surface area contributed by atoms with E-state index < -0.39 is 0 Å². The van der Waals surface area contributed by atoms with Gasteiger partial charge in [0.05, 0.1) is 5.54 Å². The van der Waals surface area contributed by atoms with Crippen LogP contribution >= 0.6 is 0 Å². The first-order valence-electron chi connectivity index (χ1n) is 11.0. The topological polar surface area (TPSA) is 32.3 Å². The van der Waals surface area contributed by atoms with Crippen LogP contribution in [0.5, 0.6) is 5.75 Å². The summed E-state index contributed by atoms with van der Waals surface area (Å²) in [6.07, 6.45) is 6.58. The Morgan fingerprint density at radius 2 is 1.90 bits per heavy atom. The number of fused-ring (bicyclic) bond motifs is 2. The van der Waals surface area contributed by atoms with Crippen molar-refractivity contribution in [1.82, 2.24) is 0 Å². The second-order valence-corrected chi connectivity index (χ2v) is 9.30. The molecule has 2 aliphatic rings. The van der Waals surface area contributed by atoms with E-state index in [1.54, 1.807) is 0 Å². The van der Waals surface area contributed by atoms with Crippen LogP contribution in [0.2, 0.25) is 0 Å². The molecule has 0 aromatic heterocycles. The molecule has 1 atom stereocenters. The summed E-state index contributed by atoms with van der Waals surface area (Å²) in [5.41, 5.74) is 8.55. The van der Waals surface area contributed by atoms with Crippen molar-refractivity contribution in [3.63, 3.8) is 0 Å². The highest BCUT2D eigenvalue weighted by Gasteiger charge is 2.35. The number of benzene rings is 2. The summed E-state index contributed by atoms with van der Waals surface area (Å²) in [6.45, 7) is 11.1. The number of rotatable bonds is 5. The summed E-state index contributed by atoms with van der Waals surface area (Å²) in [7, 11) is 0. The van der Waals surface area contributed by atoms with Gasteiger partial charge in [-0.05, 0) is 98.3 Å². The van der Waals surface area contributed by atoms with Crippen LogP contribution in [-0.2, 0) is 6.42 Å². The number of allylic oxidation sites excluding steroid dienone is 2. The Bertz CT molecular complexity index is 952. The van der Waals surface area contributed by atoms with Crippen molar-refractivity contribution in [3.8, 4) is 5.75 Å². The van der Waals surface area contributed by atoms with Crippen molar-refractivity contribution in [2.45, 2.75) is 70.8 Å². The molecule has 2 heteroatoms. The Kier molecular flexibility index (Phi) is 5.29. The molecule has 4 rings (SSSR count). The molecular weight excluding hydrogens is 354 g/mol. The molecule has 152 valence electrons. The Balaban J connectivity index is 1.58. The van der Waals surface area contributed by atoms with Crippen molar-refractivity contribution < 1.29 is 5.11 Å². The van der Waals surface area contributed by atoms with Gasteiger partial charge in [-0.3, -0.25) is 0 Å². The van der Waals surface area contributed by atoms with Gasteiger partial charge < -0.3 is 10.4 Å². The van der Waals surface area contributed by atoms with Crippen LogP contribution in [0.15, 0.2) is 60.2 Å². The fraction of sp³-hybridized carbons (Fsp3) is 0.407. The van der Waals surface area contributed by atoms with Crippen molar-refractivity contribution in [1.29, 1.82) is 0 Å². The van der Waals surface area contributed by atoms with Gasteiger partial charge in [-0.1, -0.05) is 43.8 Å². The Hall–Kier alpha value is -2.48. The van der Waals surface area contributed by atoms with E-state index in [2.05, 4.69) is 69.1 Å². The van der Waals surface area contributed by atoms with E-state index in [9.17, 15) is 5.11 Å². The lowest BCUT2D eigenvalue weighted by Crippen LogP contribution is -2.38. The van der Waals surface area contributed by atoms with Gasteiger partial charge >= 0.3 is 0 Å². The zero-order valence-corrected chi connectivity index (χ0v) is 18.0. The average Bonchev–Trinajstić information content (AvgIpc) is 2.69. The standard InChI is InChI=1S/C27H33NO/c1-18(10-8-14-20-12-6-5-7-13-20)21-16-24-22(17-25(21)29)26-19(2)11-9-15-23(26)27(3,4)28-24/h5-7,12-13,16-18,28-29H,2,8-11,14-15H2,1,3-4H3. The first-order chi connectivity index (χ1) is 13.9. The van der Waals surface area contributed by atoms with Gasteiger partial charge in [-0.15, -0.1) is 0 Å². The van der Waals surface area contributed by atoms with E-state index in [0.717, 1.165) is 48.9 Å². The molecule has 2 N–H and O–H groups in total. The summed E-state index contributed by atoms with van der Waals surface area (Å²) in [6, 6.07) is 14.8. The van der Waals surface area contributed by atoms with Crippen LogP contribution in [0.25, 0.3) is 5.57 Å². The molecule has 0 fully saturated rings. The number of aromatic hydroxyl groups is 1. The van der Waals surface area contributed by atoms with Gasteiger partial charge in [0.25, 0.3) is 0 Å². The average molecular weight is 388 g/mol. The number of anilines is 1. The normalized spacial score (nSPS) is 18.7. The van der Waals surface area contributed by atoms with Gasteiger partial charge in [-0.2, -0.15) is 0 Å². The molecule has 0 radical (unpaired) electrons. The molecule has 0 saturated carbocycles. The third-order valence-electron chi connectivity index (χ3n) is 6.67. The smallest absolute Gasteiger partial charge is 0.119 e. The predicted octanol–water partition coefficient (Wildman–Crippen LogP) is 7.22. The Morgan fingerprint density at radius 1 is 1.14 bits per heavy atom. The maximum atomic E-state index is 10.9. The van der Waals surface area contributed by atoms with Crippen LogP contribution in [0.3, 0.4) is 0 Å². The first-order valence-corrected chi connectivity index (χ1v) is 11.0. The summed E-state index contributed by atoms with van der Waals surface area (Å²) < 4.78 is 0. The Morgan fingerprint density at radius 3 is 2.66 bits per heavy atom. The van der Waals surface area contributed by atoms with E-state index in [1.807, 2.05) is 6.07 Å². The lowest BCUT2D eigenvalue weighted by Gasteiger charge is -2.41. The van der Waals surface area contributed by atoms with E-state index in [-0.39, 0.29) is 5.54 Å². The van der Waals surface area contributed by atoms with Crippen molar-refractivity contribution in [3.05, 3.63) is 76.9 Å². The fourth-order valence-corrected chi connectivity index (χ4v) is 5.05. The maximum Gasteiger partial charge on any atom is 0.119 e. The molecule has 2 aromatic carbocycles. The molecule has 0 saturated heterocycles. The predicted molar refractivity (Wildman–Crippen MR) is 124 cm³/mol. The highest BCUT2D eigenvalue weighted by molar-refractivity contribution is 5.92. The number of hydrogen-bond acceptors (Lipinski definition) is 2. The number of phenols is 1. The van der Waals surface area contributed by atoms with Gasteiger partial charge in [-0.25, -0.2) is 0 Å². The minimum absolute atomic E-state index is 0.0729. The summed E-state index contributed by atoms with van der Waals surface area (Å²) in [5.74, 6) is 0.738. The third-order valence-corrected chi connectivity index (χ3v) is 6.67. The van der Waals surface area contributed by atoms with Crippen molar-refractivity contribution in [2.24, 2.45) is 0 Å². The van der Waals surface area contributed by atoms with E-state index in [1.165, 1.54) is 28.7 Å². The van der Waals surface area contributed by atoms with Crippen molar-refractivity contribution >= 4 is 11.3 Å². The number of hydrogen-bond donors (Lipinski definition) is 2. The largest absolute Gasteiger partial charge is 0.508 e. The van der Waals surface area contributed by atoms with Crippen LogP contribution in [-0.4, -0.2) is 10.6 Å². The monoisotopic (exact) mass is 387 g/mol. The molecule has 1 unspecified atom stereocenters. The summed E-state index contributed by atoms with van der Waals surface area (Å²) in [5, 5.41) is 14.6. The van der Waals surface area contributed by atoms with Gasteiger partial charge in [0.2, 0.25) is 0 Å². The minimum Gasteiger partial charge on any atom is -0.508 e. The highest BCUT2D eigenvalue weighted by atomic mass is 16.3. The zero-order chi connectivity index (χ0) is 20.6. The van der Waals surface area contributed by atoms with Crippen LogP contribution in [0.1, 0.15) is 75.5 Å². The SMILES string of the molecule is C=C1CCCC2=C1c1cc(O)c(C(C)CCCc3ccccc3)cc1NC2(C)C. The van der Waals surface area contributed by atoms with Gasteiger partial charge in [0.15, 0.2) is 0 Å². The molecule has 0 bridgehead atoms. The van der Waals surface area contributed by atoms with Crippen molar-refractivity contribution in [2.75, 3.05) is 5.32 Å². The second-order valence-electron chi connectivity index (χ2n) is 9.30. The lowest BCUT2D eigenvalue weighted by molar-refractivity contribution is 0.458. The van der Waals surface area contributed by atoms with E-state index in [4.69, 9.17) is 0 Å². The summed E-state index contributed by atoms with van der Waals surface area (Å²) >= 11 is 0. The minimum atomic E-state index is -0.0729. The molecular formula is C27H33NO. The molecule has 1 heterocycles. The third kappa shape index (κ3) is 3.85. The summed E-state index contributed by atoms with van der Waals surface area (Å²) in [4.78, 5) is 0. The molecule has 1 aliphatic carbocycles.